The number of fused-ring (bicyclic) bond motifs is 2. The smallest absolute Gasteiger partial charge is 0.417 e. The van der Waals surface area contributed by atoms with Gasteiger partial charge >= 0.3 is 23.7 Å². The molecule has 0 saturated carbocycles. The van der Waals surface area contributed by atoms with Crippen LogP contribution in [0.25, 0.3) is 44.8 Å². The number of alkyl halides is 7. The molecule has 30 heteroatoms. The highest BCUT2D eigenvalue weighted by Crippen LogP contribution is 2.37. The van der Waals surface area contributed by atoms with Crippen molar-refractivity contribution < 1.29 is 45.5 Å². The predicted octanol–water partition coefficient (Wildman–Crippen LogP) is 7.98. The van der Waals surface area contributed by atoms with Gasteiger partial charge in [0.1, 0.15) is 24.7 Å². The number of carbonyl (C=O) groups is 2. The maximum absolute atomic E-state index is 13.3. The number of pyridine rings is 4. The maximum Gasteiger partial charge on any atom is 0.418 e. The van der Waals surface area contributed by atoms with Crippen LogP contribution in [0, 0.1) is 13.8 Å². The number of aryl methyl sites for hydroxylation is 4. The van der Waals surface area contributed by atoms with Crippen molar-refractivity contribution in [2.45, 2.75) is 105 Å². The van der Waals surface area contributed by atoms with Crippen molar-refractivity contribution in [3.63, 3.8) is 0 Å². The highest BCUT2D eigenvalue weighted by Gasteiger charge is 2.37. The number of aliphatic hydroxyl groups excluding tert-OH is 1. The first-order valence-electron chi connectivity index (χ1n) is 25.1. The number of nitrogens with zero attached hydrogens (tertiary/aromatic N) is 11. The Morgan fingerprint density at radius 1 is 0.723 bits per heavy atom. The number of aromatic nitrogens is 12. The summed E-state index contributed by atoms with van der Waals surface area (Å²) in [4.78, 5) is 101. The molecule has 4 N–H and O–H groups in total. The molecule has 8 aromatic rings. The van der Waals surface area contributed by atoms with Crippen molar-refractivity contribution in [2.24, 2.45) is 14.1 Å². The third kappa shape index (κ3) is 16.0. The number of hydrogen-bond donors (Lipinski definition) is 4. The van der Waals surface area contributed by atoms with Crippen LogP contribution in [0.15, 0.2) is 92.8 Å². The number of anilines is 2. The third-order valence-electron chi connectivity index (χ3n) is 13.1. The first-order valence-corrected chi connectivity index (χ1v) is 29.1. The van der Waals surface area contributed by atoms with E-state index >= 15 is 0 Å². The largest absolute Gasteiger partial charge is 0.418 e. The molecule has 0 fully saturated rings. The molecule has 0 aliphatic heterocycles. The lowest BCUT2D eigenvalue weighted by molar-refractivity contribution is -0.139. The Kier molecular flexibility index (Phi) is 21.4. The number of amides is 2. The number of rotatable bonds is 15. The highest BCUT2D eigenvalue weighted by molar-refractivity contribution is 9.09. The highest BCUT2D eigenvalue weighted by atomic mass is 79.9. The number of aliphatic hydroxyl groups is 1. The Morgan fingerprint density at radius 2 is 1.19 bits per heavy atom. The number of imidazole rings is 2. The summed E-state index contributed by atoms with van der Waals surface area (Å²) in [6.07, 6.45) is -2.79. The van der Waals surface area contributed by atoms with Crippen LogP contribution in [0.3, 0.4) is 0 Å². The molecule has 446 valence electrons. The van der Waals surface area contributed by atoms with Crippen LogP contribution in [0.4, 0.5) is 38.0 Å². The minimum Gasteiger partial charge on any atom is -0.417 e. The van der Waals surface area contributed by atoms with E-state index in [1.165, 1.54) is 103 Å². The van der Waals surface area contributed by atoms with Crippen LogP contribution in [-0.2, 0) is 60.1 Å². The summed E-state index contributed by atoms with van der Waals surface area (Å²) < 4.78 is 91.2. The predicted molar refractivity (Wildman–Crippen MR) is 306 cm³/mol. The second kappa shape index (κ2) is 27.0. The fourth-order valence-electron chi connectivity index (χ4n) is 7.70. The molecular weight excluding hydrogens is 1180 g/mol. The Morgan fingerprint density at radius 3 is 1.64 bits per heavy atom. The summed E-state index contributed by atoms with van der Waals surface area (Å²) in [6.45, 7) is 14.0. The van der Waals surface area contributed by atoms with Gasteiger partial charge in [-0.05, 0) is 81.2 Å². The van der Waals surface area contributed by atoms with Gasteiger partial charge in [-0.2, -0.15) is 26.3 Å². The summed E-state index contributed by atoms with van der Waals surface area (Å²) in [7, 11) is 1.41. The van der Waals surface area contributed by atoms with Gasteiger partial charge in [0.15, 0.2) is 30.6 Å². The molecule has 0 radical (unpaired) electrons. The summed E-state index contributed by atoms with van der Waals surface area (Å²) in [5, 5.41) is 15.5. The summed E-state index contributed by atoms with van der Waals surface area (Å²) >= 11 is 3.40. The van der Waals surface area contributed by atoms with Crippen LogP contribution in [0.2, 0.25) is 18.1 Å². The standard InChI is InChI=1S/C23H22F3N7O4.C20H16F3N7O3.C9H21BrOSi.CH4/c1-13-15(23(24,25)26)9-14(10-27-13)16-5-3-6-17(29-16)30-18(35)11-32-12-28-20-19(32)21(36)33(7-4-8-34)22(37)31(20)2;1-10-12(20(21,22)23)6-11(7-24-10)13-4-3-5-14(26-13)27-15(31)8-30-9-25-17-16(30)18(32)28-19(33)29(17)2;1-9(2,3)12(4,5)11-8-6-7-10;/h3,5-6,9-10,12,34H,4,7-8,11H2,1-2H3,(H,29,30,35);3-7,9H,8H2,1-2H3,(H,26,27,31)(H,28,32,33);6-8H2,1-5H3;1H4. The van der Waals surface area contributed by atoms with E-state index in [1.54, 1.807) is 0 Å². The summed E-state index contributed by atoms with van der Waals surface area (Å²) in [5.41, 5.74) is -3.75. The SMILES string of the molecule is C.CC(C)(C)[Si](C)(C)OCCCBr.Cc1ncc(-c2cccc(NC(=O)Cn3cnc4c3c(=O)[nH]c(=O)n4C)n2)cc1C(F)(F)F.Cc1ncc(-c2cccc(NC(=O)Cn3cnc4c3c(=O)n(CCCO)c(=O)n4C)n2)cc1C(F)(F)F. The lowest BCUT2D eigenvalue weighted by Gasteiger charge is -2.36. The topological polar surface area (TPSA) is 274 Å². The van der Waals surface area contributed by atoms with Crippen molar-refractivity contribution >= 4 is 70.0 Å². The Bertz CT molecular complexity index is 3880. The fourth-order valence-corrected chi connectivity index (χ4v) is 9.01. The molecule has 22 nitrogen and oxygen atoms in total. The first-order chi connectivity index (χ1) is 38.4. The molecule has 0 aliphatic rings. The number of H-pyrrole nitrogens is 1. The normalized spacial score (nSPS) is 11.8. The molecule has 8 rings (SSSR count). The monoisotopic (exact) mass is 1240 g/mol. The van der Waals surface area contributed by atoms with Gasteiger partial charge in [-0.3, -0.25) is 47.8 Å². The molecular formula is C53H63BrF6N14O8Si. The average Bonchev–Trinajstić information content (AvgIpc) is 3.41. The number of hydrogen-bond acceptors (Lipinski definition) is 14. The van der Waals surface area contributed by atoms with E-state index in [0.29, 0.717) is 5.04 Å². The average molecular weight is 1250 g/mol. The summed E-state index contributed by atoms with van der Waals surface area (Å²) in [5.74, 6) is -0.978. The first kappa shape index (κ1) is 65.8. The van der Waals surface area contributed by atoms with Crippen molar-refractivity contribution in [3.8, 4) is 22.5 Å². The van der Waals surface area contributed by atoms with Gasteiger partial charge < -0.3 is 29.3 Å². The van der Waals surface area contributed by atoms with E-state index in [4.69, 9.17) is 9.53 Å². The van der Waals surface area contributed by atoms with E-state index in [2.05, 4.69) is 95.3 Å². The molecule has 83 heavy (non-hydrogen) atoms. The molecule has 2 amide bonds. The van der Waals surface area contributed by atoms with Crippen molar-refractivity contribution in [1.82, 2.24) is 57.7 Å². The zero-order chi connectivity index (χ0) is 60.6. The molecule has 0 unspecified atom stereocenters. The number of aromatic amines is 1. The number of halogens is 7. The molecule has 0 bridgehead atoms. The van der Waals surface area contributed by atoms with Crippen LogP contribution < -0.4 is 33.1 Å². The molecule has 0 aliphatic carbocycles. The molecule has 0 aromatic carbocycles. The van der Waals surface area contributed by atoms with Crippen LogP contribution in [0.5, 0.6) is 0 Å². The lowest BCUT2D eigenvalue weighted by atomic mass is 10.1. The molecule has 8 aromatic heterocycles. The van der Waals surface area contributed by atoms with Gasteiger partial charge in [-0.1, -0.05) is 56.3 Å². The van der Waals surface area contributed by atoms with Gasteiger partial charge in [0.2, 0.25) is 11.8 Å². The molecule has 0 atom stereocenters. The van der Waals surface area contributed by atoms with Gasteiger partial charge in [0, 0.05) is 74.1 Å². The van der Waals surface area contributed by atoms with Gasteiger partial charge in [-0.15, -0.1) is 0 Å². The Labute approximate surface area is 479 Å². The quantitative estimate of drug-likeness (QED) is 0.0328. The minimum atomic E-state index is -4.58. The second-order valence-electron chi connectivity index (χ2n) is 20.1. The van der Waals surface area contributed by atoms with Crippen molar-refractivity contribution in [2.75, 3.05) is 29.2 Å². The van der Waals surface area contributed by atoms with Gasteiger partial charge in [0.05, 0.1) is 35.2 Å². The number of carbonyl (C=O) groups excluding carboxylic acids is 2. The molecule has 8 heterocycles. The van der Waals surface area contributed by atoms with Crippen molar-refractivity contribution in [1.29, 1.82) is 0 Å². The van der Waals surface area contributed by atoms with Crippen molar-refractivity contribution in [3.05, 3.63) is 138 Å². The number of nitrogens with one attached hydrogen (secondary N) is 3. The zero-order valence-electron chi connectivity index (χ0n) is 46.0. The van der Waals surface area contributed by atoms with E-state index in [9.17, 15) is 55.1 Å². The van der Waals surface area contributed by atoms with Gasteiger partial charge in [0.25, 0.3) is 11.1 Å². The minimum absolute atomic E-state index is 0. The maximum atomic E-state index is 13.3. The third-order valence-corrected chi connectivity index (χ3v) is 18.2. The van der Waals surface area contributed by atoms with Crippen LogP contribution in [0.1, 0.15) is 63.6 Å². The van der Waals surface area contributed by atoms with E-state index in [0.717, 1.165) is 39.6 Å². The second-order valence-corrected chi connectivity index (χ2v) is 25.7. The molecule has 0 saturated heterocycles. The van der Waals surface area contributed by atoms with E-state index in [-0.39, 0.29) is 108 Å². The summed E-state index contributed by atoms with van der Waals surface area (Å²) in [6, 6.07) is 10.9. The Balaban J connectivity index is 0.000000253. The van der Waals surface area contributed by atoms with E-state index < -0.39 is 66.1 Å². The molecule has 0 spiro atoms. The zero-order valence-corrected chi connectivity index (χ0v) is 48.5. The fraction of sp³-hybridized carbons (Fsp3) is 0.396. The van der Waals surface area contributed by atoms with Crippen LogP contribution >= 0.6 is 15.9 Å². The Hall–Kier alpha value is -7.96. The lowest BCUT2D eigenvalue weighted by Crippen LogP contribution is -2.41. The van der Waals surface area contributed by atoms with E-state index in [1.807, 2.05) is 0 Å². The van der Waals surface area contributed by atoms with Gasteiger partial charge in [-0.25, -0.2) is 29.5 Å². The van der Waals surface area contributed by atoms with Crippen LogP contribution in [-0.4, -0.2) is 102 Å².